The van der Waals surface area contributed by atoms with Gasteiger partial charge in [0.1, 0.15) is 11.5 Å². The Kier molecular flexibility index (Phi) is 5.73. The second-order valence-corrected chi connectivity index (χ2v) is 7.64. The maximum Gasteiger partial charge on any atom is 0.191 e. The highest BCUT2D eigenvalue weighted by atomic mass is 32.2. The minimum absolute atomic E-state index is 0.626. The van der Waals surface area contributed by atoms with Crippen LogP contribution >= 0.6 is 11.8 Å². The van der Waals surface area contributed by atoms with Crippen LogP contribution in [0.25, 0.3) is 5.65 Å². The molecule has 3 heterocycles. The number of imidazole rings is 1. The van der Waals surface area contributed by atoms with Crippen LogP contribution in [0.4, 0.5) is 0 Å². The molecule has 0 radical (unpaired) electrons. The van der Waals surface area contributed by atoms with Gasteiger partial charge in [-0.3, -0.25) is 0 Å². The lowest BCUT2D eigenvalue weighted by molar-refractivity contribution is 0.184. The van der Waals surface area contributed by atoms with Gasteiger partial charge in [0.2, 0.25) is 0 Å². The monoisotopic (exact) mass is 393 g/mol. The maximum absolute atomic E-state index is 5.29. The molecular formula is C21H23N5OS. The van der Waals surface area contributed by atoms with Crippen molar-refractivity contribution < 1.29 is 4.74 Å². The third-order valence-corrected chi connectivity index (χ3v) is 5.52. The maximum atomic E-state index is 5.29. The number of hydrogen-bond acceptors (Lipinski definition) is 5. The van der Waals surface area contributed by atoms with Crippen molar-refractivity contribution in [3.8, 4) is 0 Å². The SMILES string of the molecule is COCCn1c(Cc2ccccc2)nnc1SCc1cn2cc(C)ccc2n1. The van der Waals surface area contributed by atoms with Crippen LogP contribution < -0.4 is 0 Å². The Balaban J connectivity index is 1.52. The van der Waals surface area contributed by atoms with Gasteiger partial charge < -0.3 is 13.7 Å². The van der Waals surface area contributed by atoms with Crippen molar-refractivity contribution >= 4 is 17.4 Å². The molecule has 3 aromatic heterocycles. The van der Waals surface area contributed by atoms with Crippen LogP contribution in [0.3, 0.4) is 0 Å². The van der Waals surface area contributed by atoms with Gasteiger partial charge in [-0.2, -0.15) is 0 Å². The van der Waals surface area contributed by atoms with Crippen molar-refractivity contribution in [1.82, 2.24) is 24.1 Å². The zero-order valence-corrected chi connectivity index (χ0v) is 16.9. The first-order chi connectivity index (χ1) is 13.7. The van der Waals surface area contributed by atoms with Crippen molar-refractivity contribution in [2.75, 3.05) is 13.7 Å². The fourth-order valence-electron chi connectivity index (χ4n) is 3.11. The first-order valence-corrected chi connectivity index (χ1v) is 10.2. The lowest BCUT2D eigenvalue weighted by atomic mass is 10.1. The summed E-state index contributed by atoms with van der Waals surface area (Å²) in [6.07, 6.45) is 4.93. The molecule has 0 saturated heterocycles. The Morgan fingerprint density at radius 2 is 1.89 bits per heavy atom. The quantitative estimate of drug-likeness (QED) is 0.427. The highest BCUT2D eigenvalue weighted by Crippen LogP contribution is 2.23. The average Bonchev–Trinajstić information content (AvgIpc) is 3.28. The summed E-state index contributed by atoms with van der Waals surface area (Å²) >= 11 is 1.66. The van der Waals surface area contributed by atoms with Crippen molar-refractivity contribution in [3.05, 3.63) is 77.5 Å². The molecule has 4 rings (SSSR count). The Bertz CT molecular complexity index is 1060. The minimum Gasteiger partial charge on any atom is -0.383 e. The van der Waals surface area contributed by atoms with E-state index in [0.29, 0.717) is 6.61 Å². The molecule has 0 aliphatic heterocycles. The minimum atomic E-state index is 0.626. The number of methoxy groups -OCH3 is 1. The average molecular weight is 394 g/mol. The first kappa shape index (κ1) is 18.7. The third kappa shape index (κ3) is 4.26. The molecule has 0 unspecified atom stereocenters. The van der Waals surface area contributed by atoms with Crippen LogP contribution in [-0.2, 0) is 23.5 Å². The molecule has 0 N–H and O–H groups in total. The summed E-state index contributed by atoms with van der Waals surface area (Å²) in [5, 5.41) is 9.78. The van der Waals surface area contributed by atoms with Crippen molar-refractivity contribution in [2.24, 2.45) is 0 Å². The molecule has 0 amide bonds. The Hall–Kier alpha value is -2.64. The molecule has 1 aromatic carbocycles. The lowest BCUT2D eigenvalue weighted by Crippen LogP contribution is -2.10. The molecule has 6 nitrogen and oxygen atoms in total. The molecule has 144 valence electrons. The van der Waals surface area contributed by atoms with E-state index >= 15 is 0 Å². The fourth-order valence-corrected chi connectivity index (χ4v) is 3.97. The van der Waals surface area contributed by atoms with E-state index in [1.165, 1.54) is 11.1 Å². The molecule has 0 aliphatic carbocycles. The predicted molar refractivity (Wildman–Crippen MR) is 111 cm³/mol. The van der Waals surface area contributed by atoms with E-state index in [1.807, 2.05) is 24.3 Å². The second kappa shape index (κ2) is 8.58. The van der Waals surface area contributed by atoms with Crippen molar-refractivity contribution in [1.29, 1.82) is 0 Å². The summed E-state index contributed by atoms with van der Waals surface area (Å²) < 4.78 is 9.51. The van der Waals surface area contributed by atoms with E-state index in [2.05, 4.69) is 56.7 Å². The normalized spacial score (nSPS) is 11.4. The predicted octanol–water partition coefficient (Wildman–Crippen LogP) is 3.76. The zero-order chi connectivity index (χ0) is 19.3. The molecule has 0 aliphatic rings. The summed E-state index contributed by atoms with van der Waals surface area (Å²) in [6.45, 7) is 3.44. The number of benzene rings is 1. The molecule has 4 aromatic rings. The number of rotatable bonds is 8. The zero-order valence-electron chi connectivity index (χ0n) is 16.1. The van der Waals surface area contributed by atoms with Gasteiger partial charge in [0, 0.05) is 38.2 Å². The molecular weight excluding hydrogens is 370 g/mol. The van der Waals surface area contributed by atoms with Gasteiger partial charge >= 0.3 is 0 Å². The van der Waals surface area contributed by atoms with Gasteiger partial charge in [-0.15, -0.1) is 10.2 Å². The van der Waals surface area contributed by atoms with Gasteiger partial charge in [-0.25, -0.2) is 4.98 Å². The van der Waals surface area contributed by atoms with Crippen LogP contribution in [-0.4, -0.2) is 37.9 Å². The standard InChI is InChI=1S/C21H23N5OS/c1-16-8-9-19-22-18(14-25(19)13-16)15-28-21-24-23-20(26(21)10-11-27-2)12-17-6-4-3-5-7-17/h3-9,13-14H,10-12,15H2,1-2H3. The van der Waals surface area contributed by atoms with E-state index in [9.17, 15) is 0 Å². The summed E-state index contributed by atoms with van der Waals surface area (Å²) in [5.41, 5.74) is 4.43. The molecule has 0 fully saturated rings. The highest BCUT2D eigenvalue weighted by molar-refractivity contribution is 7.98. The number of aryl methyl sites for hydroxylation is 1. The molecule has 0 atom stereocenters. The number of nitrogens with zero attached hydrogens (tertiary/aromatic N) is 5. The van der Waals surface area contributed by atoms with Gasteiger partial charge in [0.25, 0.3) is 0 Å². The Morgan fingerprint density at radius 3 is 2.71 bits per heavy atom. The number of hydrogen-bond donors (Lipinski definition) is 0. The first-order valence-electron chi connectivity index (χ1n) is 9.25. The fraction of sp³-hybridized carbons (Fsp3) is 0.286. The van der Waals surface area contributed by atoms with Gasteiger partial charge in [0.05, 0.1) is 12.3 Å². The second-order valence-electron chi connectivity index (χ2n) is 6.70. The largest absolute Gasteiger partial charge is 0.383 e. The van der Waals surface area contributed by atoms with Gasteiger partial charge in [-0.1, -0.05) is 48.2 Å². The van der Waals surface area contributed by atoms with E-state index in [-0.39, 0.29) is 0 Å². The summed E-state index contributed by atoms with van der Waals surface area (Å²) in [6, 6.07) is 14.5. The topological polar surface area (TPSA) is 57.2 Å². The van der Waals surface area contributed by atoms with Crippen LogP contribution in [0.1, 0.15) is 22.6 Å². The summed E-state index contributed by atoms with van der Waals surface area (Å²) in [4.78, 5) is 4.70. The van der Waals surface area contributed by atoms with Crippen molar-refractivity contribution in [2.45, 2.75) is 30.8 Å². The third-order valence-electron chi connectivity index (χ3n) is 4.52. The number of fused-ring (bicyclic) bond motifs is 1. The molecule has 0 spiro atoms. The number of pyridine rings is 1. The van der Waals surface area contributed by atoms with Crippen LogP contribution in [0.15, 0.2) is 60.0 Å². The van der Waals surface area contributed by atoms with Crippen LogP contribution in [0, 0.1) is 6.92 Å². The van der Waals surface area contributed by atoms with Crippen LogP contribution in [0.2, 0.25) is 0 Å². The summed E-state index contributed by atoms with van der Waals surface area (Å²) in [7, 11) is 1.71. The lowest BCUT2D eigenvalue weighted by Gasteiger charge is -2.09. The highest BCUT2D eigenvalue weighted by Gasteiger charge is 2.14. The Morgan fingerprint density at radius 1 is 1.04 bits per heavy atom. The van der Waals surface area contributed by atoms with E-state index in [0.717, 1.165) is 41.0 Å². The number of aromatic nitrogens is 5. The van der Waals surface area contributed by atoms with E-state index in [4.69, 9.17) is 9.72 Å². The van der Waals surface area contributed by atoms with Gasteiger partial charge in [-0.05, 0) is 24.1 Å². The smallest absolute Gasteiger partial charge is 0.191 e. The number of ether oxygens (including phenoxy) is 1. The number of thioether (sulfide) groups is 1. The molecule has 0 bridgehead atoms. The Labute approximate surface area is 168 Å². The molecule has 7 heteroatoms. The van der Waals surface area contributed by atoms with E-state index < -0.39 is 0 Å². The van der Waals surface area contributed by atoms with E-state index in [1.54, 1.807) is 18.9 Å². The van der Waals surface area contributed by atoms with Crippen LogP contribution in [0.5, 0.6) is 0 Å². The molecule has 28 heavy (non-hydrogen) atoms. The summed E-state index contributed by atoms with van der Waals surface area (Å²) in [5.74, 6) is 1.70. The molecule has 0 saturated carbocycles. The van der Waals surface area contributed by atoms with Gasteiger partial charge in [0.15, 0.2) is 5.16 Å². The van der Waals surface area contributed by atoms with Crippen molar-refractivity contribution in [3.63, 3.8) is 0 Å².